The van der Waals surface area contributed by atoms with Gasteiger partial charge in [0.1, 0.15) is 0 Å². The van der Waals surface area contributed by atoms with Crippen molar-refractivity contribution >= 4 is 11.3 Å². The number of fused-ring (bicyclic) bond motifs is 3. The van der Waals surface area contributed by atoms with Crippen molar-refractivity contribution in [3.05, 3.63) is 45.8 Å². The van der Waals surface area contributed by atoms with Gasteiger partial charge < -0.3 is 0 Å². The standard InChI is InChI=1S/C18H22S/c1-11-7-8-12-15(14(11)17(2,3)4)18(5,6)13-9-10-19-16(12)13/h7-10H,1-6H3. The van der Waals surface area contributed by atoms with Crippen LogP contribution in [0, 0.1) is 6.92 Å². The molecule has 0 unspecified atom stereocenters. The minimum Gasteiger partial charge on any atom is -0.143 e. The van der Waals surface area contributed by atoms with Gasteiger partial charge in [-0.2, -0.15) is 0 Å². The molecule has 2 aromatic rings. The lowest BCUT2D eigenvalue weighted by molar-refractivity contribution is 0.553. The number of hydrogen-bond acceptors (Lipinski definition) is 1. The molecule has 1 heterocycles. The molecule has 0 fully saturated rings. The van der Waals surface area contributed by atoms with Crippen molar-refractivity contribution in [2.75, 3.05) is 0 Å². The minimum absolute atomic E-state index is 0.138. The summed E-state index contributed by atoms with van der Waals surface area (Å²) in [5.41, 5.74) is 7.82. The first-order chi connectivity index (χ1) is 8.74. The summed E-state index contributed by atoms with van der Waals surface area (Å²) in [4.78, 5) is 1.48. The summed E-state index contributed by atoms with van der Waals surface area (Å²) in [6, 6.07) is 6.93. The van der Waals surface area contributed by atoms with Gasteiger partial charge in [-0.1, -0.05) is 46.8 Å². The first-order valence-corrected chi connectivity index (χ1v) is 7.85. The number of benzene rings is 1. The predicted octanol–water partition coefficient (Wildman–Crippen LogP) is 5.66. The third-order valence-corrected chi connectivity index (χ3v) is 5.32. The van der Waals surface area contributed by atoms with Crippen molar-refractivity contribution in [1.29, 1.82) is 0 Å². The summed E-state index contributed by atoms with van der Waals surface area (Å²) in [6.45, 7) is 14.0. The molecule has 0 bridgehead atoms. The molecule has 0 radical (unpaired) electrons. The second kappa shape index (κ2) is 3.73. The van der Waals surface area contributed by atoms with Crippen molar-refractivity contribution in [3.63, 3.8) is 0 Å². The van der Waals surface area contributed by atoms with E-state index in [9.17, 15) is 0 Å². The molecule has 3 rings (SSSR count). The lowest BCUT2D eigenvalue weighted by Gasteiger charge is -2.31. The average molecular weight is 270 g/mol. The molecule has 0 atom stereocenters. The summed E-state index contributed by atoms with van der Waals surface area (Å²) < 4.78 is 0. The highest BCUT2D eigenvalue weighted by molar-refractivity contribution is 7.14. The van der Waals surface area contributed by atoms with Gasteiger partial charge in [-0.3, -0.25) is 0 Å². The van der Waals surface area contributed by atoms with Crippen LogP contribution in [0.2, 0.25) is 0 Å². The van der Waals surface area contributed by atoms with Gasteiger partial charge in [0.05, 0.1) is 0 Å². The molecule has 0 nitrogen and oxygen atoms in total. The molecular formula is C18H22S. The van der Waals surface area contributed by atoms with E-state index in [4.69, 9.17) is 0 Å². The lowest BCUT2D eigenvalue weighted by atomic mass is 9.72. The molecule has 0 aliphatic heterocycles. The maximum Gasteiger partial charge on any atom is 0.0386 e. The van der Waals surface area contributed by atoms with Gasteiger partial charge in [0.15, 0.2) is 0 Å². The second-order valence-electron chi connectivity index (χ2n) is 7.22. The van der Waals surface area contributed by atoms with Gasteiger partial charge in [0, 0.05) is 10.3 Å². The third kappa shape index (κ3) is 1.64. The molecule has 19 heavy (non-hydrogen) atoms. The molecule has 1 aliphatic carbocycles. The monoisotopic (exact) mass is 270 g/mol. The van der Waals surface area contributed by atoms with Gasteiger partial charge in [0.25, 0.3) is 0 Å². The van der Waals surface area contributed by atoms with E-state index in [1.807, 2.05) is 11.3 Å². The Morgan fingerprint density at radius 2 is 1.74 bits per heavy atom. The quantitative estimate of drug-likeness (QED) is 0.579. The first kappa shape index (κ1) is 12.9. The summed E-state index contributed by atoms with van der Waals surface area (Å²) in [5, 5.41) is 2.23. The van der Waals surface area contributed by atoms with Crippen LogP contribution in [0.1, 0.15) is 56.9 Å². The van der Waals surface area contributed by atoms with Crippen LogP contribution in [0.5, 0.6) is 0 Å². The van der Waals surface area contributed by atoms with Gasteiger partial charge in [-0.05, 0) is 51.6 Å². The Balaban J connectivity index is 2.42. The molecule has 1 aliphatic rings. The molecule has 0 saturated carbocycles. The van der Waals surface area contributed by atoms with Crippen LogP contribution in [-0.4, -0.2) is 0 Å². The number of aryl methyl sites for hydroxylation is 1. The zero-order chi connectivity index (χ0) is 14.0. The van der Waals surface area contributed by atoms with Crippen molar-refractivity contribution in [3.8, 4) is 10.4 Å². The van der Waals surface area contributed by atoms with Gasteiger partial charge in [-0.15, -0.1) is 11.3 Å². The van der Waals surface area contributed by atoms with E-state index in [2.05, 4.69) is 65.1 Å². The zero-order valence-corrected chi connectivity index (χ0v) is 13.5. The Morgan fingerprint density at radius 3 is 2.37 bits per heavy atom. The van der Waals surface area contributed by atoms with Gasteiger partial charge >= 0.3 is 0 Å². The molecular weight excluding hydrogens is 248 g/mol. The Kier molecular flexibility index (Phi) is 2.54. The fourth-order valence-electron chi connectivity index (χ4n) is 3.66. The summed E-state index contributed by atoms with van der Waals surface area (Å²) >= 11 is 1.88. The van der Waals surface area contributed by atoms with Crippen LogP contribution in [0.3, 0.4) is 0 Å². The zero-order valence-electron chi connectivity index (χ0n) is 12.7. The largest absolute Gasteiger partial charge is 0.143 e. The van der Waals surface area contributed by atoms with Gasteiger partial charge in [-0.25, -0.2) is 0 Å². The molecule has 0 spiro atoms. The van der Waals surface area contributed by atoms with E-state index in [-0.39, 0.29) is 10.8 Å². The minimum atomic E-state index is 0.138. The van der Waals surface area contributed by atoms with Gasteiger partial charge in [0.2, 0.25) is 0 Å². The fraction of sp³-hybridized carbons (Fsp3) is 0.444. The number of hydrogen-bond donors (Lipinski definition) is 0. The van der Waals surface area contributed by atoms with E-state index in [0.717, 1.165) is 0 Å². The van der Waals surface area contributed by atoms with Crippen LogP contribution >= 0.6 is 11.3 Å². The second-order valence-corrected chi connectivity index (χ2v) is 8.13. The Hall–Kier alpha value is -1.08. The van der Waals surface area contributed by atoms with Crippen molar-refractivity contribution in [1.82, 2.24) is 0 Å². The predicted molar refractivity (Wildman–Crippen MR) is 85.3 cm³/mol. The number of rotatable bonds is 0. The highest BCUT2D eigenvalue weighted by Crippen LogP contribution is 2.54. The molecule has 1 aromatic carbocycles. The van der Waals surface area contributed by atoms with Crippen LogP contribution < -0.4 is 0 Å². The van der Waals surface area contributed by atoms with Crippen molar-refractivity contribution in [2.24, 2.45) is 0 Å². The lowest BCUT2D eigenvalue weighted by Crippen LogP contribution is -2.24. The summed E-state index contributed by atoms with van der Waals surface area (Å²) in [5.74, 6) is 0. The van der Waals surface area contributed by atoms with E-state index < -0.39 is 0 Å². The van der Waals surface area contributed by atoms with Crippen molar-refractivity contribution < 1.29 is 0 Å². The Morgan fingerprint density at radius 1 is 1.05 bits per heavy atom. The first-order valence-electron chi connectivity index (χ1n) is 6.97. The van der Waals surface area contributed by atoms with E-state index in [1.54, 1.807) is 11.1 Å². The maximum absolute atomic E-state index is 2.37. The SMILES string of the molecule is Cc1ccc2c(c1C(C)(C)C)C(C)(C)c1ccsc1-2. The molecule has 1 heteroatoms. The fourth-order valence-corrected chi connectivity index (χ4v) is 4.74. The molecule has 0 amide bonds. The number of thiophene rings is 1. The van der Waals surface area contributed by atoms with Crippen molar-refractivity contribution in [2.45, 2.75) is 52.4 Å². The Labute approximate surface area is 120 Å². The van der Waals surface area contributed by atoms with Crippen LogP contribution in [0.15, 0.2) is 23.6 Å². The molecule has 0 N–H and O–H groups in total. The Bertz CT molecular complexity index is 651. The van der Waals surface area contributed by atoms with E-state index >= 15 is 0 Å². The van der Waals surface area contributed by atoms with E-state index in [0.29, 0.717) is 0 Å². The molecule has 1 aromatic heterocycles. The highest BCUT2D eigenvalue weighted by atomic mass is 32.1. The maximum atomic E-state index is 2.37. The topological polar surface area (TPSA) is 0 Å². The van der Waals surface area contributed by atoms with Crippen LogP contribution in [0.25, 0.3) is 10.4 Å². The van der Waals surface area contributed by atoms with Crippen LogP contribution in [-0.2, 0) is 10.8 Å². The summed E-state index contributed by atoms with van der Waals surface area (Å²) in [6.07, 6.45) is 0. The van der Waals surface area contributed by atoms with Crippen LogP contribution in [0.4, 0.5) is 0 Å². The summed E-state index contributed by atoms with van der Waals surface area (Å²) in [7, 11) is 0. The normalized spacial score (nSPS) is 16.3. The third-order valence-electron chi connectivity index (χ3n) is 4.37. The molecule has 100 valence electrons. The molecule has 0 saturated heterocycles. The smallest absolute Gasteiger partial charge is 0.0386 e. The highest BCUT2D eigenvalue weighted by Gasteiger charge is 2.40. The van der Waals surface area contributed by atoms with E-state index in [1.165, 1.54) is 21.6 Å². The average Bonchev–Trinajstić information content (AvgIpc) is 2.82.